The summed E-state index contributed by atoms with van der Waals surface area (Å²) < 4.78 is 2.06. The number of nitrogens with one attached hydrogen (secondary N) is 1. The summed E-state index contributed by atoms with van der Waals surface area (Å²) >= 11 is 1.63. The van der Waals surface area contributed by atoms with Crippen LogP contribution >= 0.6 is 11.3 Å². The minimum atomic E-state index is 0.298. The van der Waals surface area contributed by atoms with Crippen LogP contribution in [-0.2, 0) is 13.1 Å². The fourth-order valence-electron chi connectivity index (χ4n) is 2.33. The van der Waals surface area contributed by atoms with Gasteiger partial charge < -0.3 is 5.32 Å². The molecule has 5 heteroatoms. The number of hydrogen-bond donors (Lipinski definition) is 1. The van der Waals surface area contributed by atoms with Gasteiger partial charge in [0.1, 0.15) is 0 Å². The maximum Gasteiger partial charge on any atom is 0.0795 e. The Balaban J connectivity index is 2.08. The first-order valence-electron chi connectivity index (χ1n) is 6.27. The minimum absolute atomic E-state index is 0.298. The maximum absolute atomic E-state index is 4.56. The average Bonchev–Trinajstić information content (AvgIpc) is 2.94. The third-order valence-corrected chi connectivity index (χ3v) is 3.88. The van der Waals surface area contributed by atoms with Crippen LogP contribution in [0.3, 0.4) is 0 Å². The molecule has 0 spiro atoms. The third kappa shape index (κ3) is 2.62. The van der Waals surface area contributed by atoms with E-state index in [9.17, 15) is 0 Å². The van der Waals surface area contributed by atoms with Crippen LogP contribution in [-0.4, -0.2) is 14.8 Å². The van der Waals surface area contributed by atoms with Crippen LogP contribution < -0.4 is 5.32 Å². The molecule has 98 valence electrons. The highest BCUT2D eigenvalue weighted by atomic mass is 32.1. The fraction of sp³-hybridized carbons (Fsp3) is 0.538. The van der Waals surface area contributed by atoms with Gasteiger partial charge in [0.2, 0.25) is 0 Å². The fourth-order valence-corrected chi connectivity index (χ4v) is 2.89. The van der Waals surface area contributed by atoms with Crippen molar-refractivity contribution in [1.82, 2.24) is 20.1 Å². The number of thiazole rings is 1. The Kier molecular flexibility index (Phi) is 4.14. The molecule has 0 aliphatic heterocycles. The second-order valence-corrected chi connectivity index (χ2v) is 5.20. The van der Waals surface area contributed by atoms with Crippen LogP contribution in [0.4, 0.5) is 0 Å². The quantitative estimate of drug-likeness (QED) is 0.903. The van der Waals surface area contributed by atoms with E-state index >= 15 is 0 Å². The number of aryl methyl sites for hydroxylation is 2. The molecule has 1 unspecified atom stereocenters. The summed E-state index contributed by atoms with van der Waals surface area (Å²) in [5.74, 6) is 0. The van der Waals surface area contributed by atoms with Crippen LogP contribution in [0.15, 0.2) is 10.9 Å². The molecule has 0 bridgehead atoms. The topological polar surface area (TPSA) is 42.7 Å². The molecule has 0 aliphatic carbocycles. The molecule has 0 amide bonds. The van der Waals surface area contributed by atoms with E-state index in [-0.39, 0.29) is 0 Å². The van der Waals surface area contributed by atoms with E-state index in [4.69, 9.17) is 0 Å². The Morgan fingerprint density at radius 1 is 1.44 bits per heavy atom. The highest BCUT2D eigenvalue weighted by Crippen LogP contribution is 2.21. The molecule has 0 saturated heterocycles. The van der Waals surface area contributed by atoms with E-state index in [2.05, 4.69) is 53.2 Å². The molecule has 1 atom stereocenters. The lowest BCUT2D eigenvalue weighted by molar-refractivity contribution is 0.561. The summed E-state index contributed by atoms with van der Waals surface area (Å²) in [5, 5.41) is 10.1. The van der Waals surface area contributed by atoms with E-state index < -0.39 is 0 Å². The second-order valence-electron chi connectivity index (χ2n) is 4.48. The standard InChI is InChI=1S/C13H20N4S/c1-5-17-11(4)13(10(3)16-17)9(2)14-6-12-7-18-8-15-12/h7-9,14H,5-6H2,1-4H3. The van der Waals surface area contributed by atoms with Gasteiger partial charge in [-0.15, -0.1) is 11.3 Å². The normalized spacial score (nSPS) is 12.9. The summed E-state index contributed by atoms with van der Waals surface area (Å²) in [6.45, 7) is 10.3. The molecule has 1 N–H and O–H groups in total. The Labute approximate surface area is 112 Å². The molecule has 0 radical (unpaired) electrons. The number of nitrogens with zero attached hydrogens (tertiary/aromatic N) is 3. The van der Waals surface area contributed by atoms with Gasteiger partial charge in [-0.1, -0.05) is 0 Å². The van der Waals surface area contributed by atoms with Gasteiger partial charge in [0, 0.05) is 35.8 Å². The summed E-state index contributed by atoms with van der Waals surface area (Å²) in [4.78, 5) is 4.28. The number of aromatic nitrogens is 3. The molecule has 2 aromatic rings. The first-order chi connectivity index (χ1) is 8.63. The van der Waals surface area contributed by atoms with E-state index in [1.807, 2.05) is 5.51 Å². The number of hydrogen-bond acceptors (Lipinski definition) is 4. The van der Waals surface area contributed by atoms with E-state index in [0.717, 1.165) is 24.5 Å². The predicted octanol–water partition coefficient (Wildman–Crippen LogP) is 2.83. The SMILES string of the molecule is CCn1nc(C)c(C(C)NCc2cscn2)c1C. The van der Waals surface area contributed by atoms with E-state index in [1.165, 1.54) is 11.3 Å². The van der Waals surface area contributed by atoms with Crippen LogP contribution in [0.2, 0.25) is 0 Å². The van der Waals surface area contributed by atoms with Gasteiger partial charge >= 0.3 is 0 Å². The minimum Gasteiger partial charge on any atom is -0.304 e. The molecule has 2 heterocycles. The van der Waals surface area contributed by atoms with Crippen molar-refractivity contribution in [3.63, 3.8) is 0 Å². The van der Waals surface area contributed by atoms with E-state index in [1.54, 1.807) is 11.3 Å². The Morgan fingerprint density at radius 2 is 2.22 bits per heavy atom. The van der Waals surface area contributed by atoms with Crippen molar-refractivity contribution in [2.45, 2.75) is 46.8 Å². The molecule has 0 saturated carbocycles. The Bertz CT molecular complexity index is 501. The van der Waals surface area contributed by atoms with Crippen molar-refractivity contribution in [2.24, 2.45) is 0 Å². The van der Waals surface area contributed by atoms with Crippen molar-refractivity contribution < 1.29 is 0 Å². The van der Waals surface area contributed by atoms with Crippen LogP contribution in [0, 0.1) is 13.8 Å². The zero-order valence-corrected chi connectivity index (χ0v) is 12.2. The molecular weight excluding hydrogens is 244 g/mol. The van der Waals surface area contributed by atoms with Gasteiger partial charge in [0.25, 0.3) is 0 Å². The summed E-state index contributed by atoms with van der Waals surface area (Å²) in [6.07, 6.45) is 0. The highest BCUT2D eigenvalue weighted by Gasteiger charge is 2.16. The first-order valence-corrected chi connectivity index (χ1v) is 7.22. The molecule has 18 heavy (non-hydrogen) atoms. The third-order valence-electron chi connectivity index (χ3n) is 3.24. The van der Waals surface area contributed by atoms with Crippen molar-refractivity contribution in [3.8, 4) is 0 Å². The summed E-state index contributed by atoms with van der Waals surface area (Å²) in [6, 6.07) is 0.298. The van der Waals surface area contributed by atoms with Crippen LogP contribution in [0.1, 0.15) is 42.5 Å². The van der Waals surface area contributed by atoms with Gasteiger partial charge in [0.15, 0.2) is 0 Å². The van der Waals surface area contributed by atoms with Gasteiger partial charge in [-0.05, 0) is 27.7 Å². The molecule has 2 aromatic heterocycles. The number of rotatable bonds is 5. The predicted molar refractivity (Wildman–Crippen MR) is 74.7 cm³/mol. The largest absolute Gasteiger partial charge is 0.304 e. The first kappa shape index (κ1) is 13.2. The lowest BCUT2D eigenvalue weighted by Gasteiger charge is -2.14. The lowest BCUT2D eigenvalue weighted by atomic mass is 10.1. The Hall–Kier alpha value is -1.20. The molecular formula is C13H20N4S. The van der Waals surface area contributed by atoms with Gasteiger partial charge in [0.05, 0.1) is 16.9 Å². The summed E-state index contributed by atoms with van der Waals surface area (Å²) in [5.41, 5.74) is 6.66. The zero-order chi connectivity index (χ0) is 13.1. The zero-order valence-electron chi connectivity index (χ0n) is 11.4. The van der Waals surface area contributed by atoms with Crippen LogP contribution in [0.25, 0.3) is 0 Å². The van der Waals surface area contributed by atoms with Crippen molar-refractivity contribution in [3.05, 3.63) is 33.5 Å². The van der Waals surface area contributed by atoms with Gasteiger partial charge in [-0.25, -0.2) is 4.98 Å². The second kappa shape index (κ2) is 5.63. The molecule has 2 rings (SSSR count). The van der Waals surface area contributed by atoms with Crippen molar-refractivity contribution >= 4 is 11.3 Å². The Morgan fingerprint density at radius 3 is 2.78 bits per heavy atom. The van der Waals surface area contributed by atoms with Crippen LogP contribution in [0.5, 0.6) is 0 Å². The maximum atomic E-state index is 4.56. The van der Waals surface area contributed by atoms with Gasteiger partial charge in [-0.3, -0.25) is 4.68 Å². The van der Waals surface area contributed by atoms with E-state index in [0.29, 0.717) is 6.04 Å². The molecule has 0 aromatic carbocycles. The highest BCUT2D eigenvalue weighted by molar-refractivity contribution is 7.07. The molecule has 4 nitrogen and oxygen atoms in total. The molecule has 0 fully saturated rings. The van der Waals surface area contributed by atoms with Gasteiger partial charge in [-0.2, -0.15) is 5.10 Å². The van der Waals surface area contributed by atoms with Crippen molar-refractivity contribution in [2.75, 3.05) is 0 Å². The van der Waals surface area contributed by atoms with Crippen molar-refractivity contribution in [1.29, 1.82) is 0 Å². The lowest BCUT2D eigenvalue weighted by Crippen LogP contribution is -2.19. The monoisotopic (exact) mass is 264 g/mol. The smallest absolute Gasteiger partial charge is 0.0795 e. The molecule has 0 aliphatic rings. The average molecular weight is 264 g/mol. The summed E-state index contributed by atoms with van der Waals surface area (Å²) in [7, 11) is 0.